The normalized spacial score (nSPS) is 19.4. The molecule has 1 unspecified atom stereocenters. The third kappa shape index (κ3) is 2.61. The average Bonchev–Trinajstić information content (AvgIpc) is 2.75. The van der Waals surface area contributed by atoms with Crippen LogP contribution in [0.15, 0.2) is 29.3 Å². The van der Waals surface area contributed by atoms with Crippen molar-refractivity contribution in [3.8, 4) is 0 Å². The van der Waals surface area contributed by atoms with Crippen LogP contribution in [0, 0.1) is 6.92 Å². The van der Waals surface area contributed by atoms with Gasteiger partial charge in [0, 0.05) is 6.42 Å². The van der Waals surface area contributed by atoms with Crippen LogP contribution in [0.3, 0.4) is 0 Å². The van der Waals surface area contributed by atoms with Crippen molar-refractivity contribution >= 4 is 5.90 Å². The summed E-state index contributed by atoms with van der Waals surface area (Å²) in [7, 11) is 0. The van der Waals surface area contributed by atoms with Gasteiger partial charge < -0.3 is 10.5 Å². The lowest BCUT2D eigenvalue weighted by Gasteiger charge is -2.05. The average molecular weight is 218 g/mol. The first kappa shape index (κ1) is 11.1. The van der Waals surface area contributed by atoms with Crippen molar-refractivity contribution in [2.24, 2.45) is 10.7 Å². The zero-order valence-electron chi connectivity index (χ0n) is 9.65. The molecule has 3 heteroatoms. The molecule has 0 amide bonds. The summed E-state index contributed by atoms with van der Waals surface area (Å²) in [6.07, 6.45) is 1.80. The molecule has 0 aromatic heterocycles. The highest BCUT2D eigenvalue weighted by atomic mass is 16.5. The zero-order valence-corrected chi connectivity index (χ0v) is 9.65. The Hall–Kier alpha value is -1.35. The molecule has 2 N–H and O–H groups in total. The molecule has 0 fully saturated rings. The molecule has 1 aliphatic heterocycles. The molecule has 0 saturated carbocycles. The second-order valence-electron chi connectivity index (χ2n) is 4.16. The maximum atomic E-state index is 5.56. The van der Waals surface area contributed by atoms with Crippen LogP contribution in [0.25, 0.3) is 0 Å². The van der Waals surface area contributed by atoms with Gasteiger partial charge in [0.25, 0.3) is 0 Å². The minimum Gasteiger partial charge on any atom is -0.478 e. The lowest BCUT2D eigenvalue weighted by Crippen LogP contribution is -2.04. The standard InChI is InChI=1S/C13H18N2O/c1-10-4-2-5-11(8-10)12-9-16-13(15-12)6-3-7-14/h2,4-5,8,12H,3,6-7,9,14H2,1H3. The Balaban J connectivity index is 2.04. The smallest absolute Gasteiger partial charge is 0.184 e. The maximum absolute atomic E-state index is 5.56. The van der Waals surface area contributed by atoms with E-state index in [4.69, 9.17) is 10.5 Å². The number of hydrogen-bond acceptors (Lipinski definition) is 3. The fraction of sp³-hybridized carbons (Fsp3) is 0.462. The monoisotopic (exact) mass is 218 g/mol. The van der Waals surface area contributed by atoms with Crippen LogP contribution in [0.4, 0.5) is 0 Å². The minimum atomic E-state index is 0.174. The van der Waals surface area contributed by atoms with Crippen LogP contribution in [0.2, 0.25) is 0 Å². The topological polar surface area (TPSA) is 47.6 Å². The van der Waals surface area contributed by atoms with Crippen molar-refractivity contribution in [1.29, 1.82) is 0 Å². The number of aryl methyl sites for hydroxylation is 1. The molecule has 0 spiro atoms. The lowest BCUT2D eigenvalue weighted by molar-refractivity contribution is 0.311. The predicted molar refractivity (Wildman–Crippen MR) is 65.6 cm³/mol. The zero-order chi connectivity index (χ0) is 11.4. The SMILES string of the molecule is Cc1cccc(C2COC(CCCN)=N2)c1. The Labute approximate surface area is 96.3 Å². The molecule has 1 atom stereocenters. The number of rotatable bonds is 4. The summed E-state index contributed by atoms with van der Waals surface area (Å²) in [5.41, 5.74) is 7.97. The van der Waals surface area contributed by atoms with Gasteiger partial charge in [-0.1, -0.05) is 29.8 Å². The van der Waals surface area contributed by atoms with Crippen molar-refractivity contribution in [3.05, 3.63) is 35.4 Å². The summed E-state index contributed by atoms with van der Waals surface area (Å²) in [6, 6.07) is 8.61. The number of benzene rings is 1. The van der Waals surface area contributed by atoms with E-state index >= 15 is 0 Å². The quantitative estimate of drug-likeness (QED) is 0.842. The Morgan fingerprint density at radius 1 is 1.50 bits per heavy atom. The molecule has 2 rings (SSSR count). The van der Waals surface area contributed by atoms with E-state index in [1.165, 1.54) is 11.1 Å². The molecule has 1 heterocycles. The van der Waals surface area contributed by atoms with Crippen molar-refractivity contribution in [3.63, 3.8) is 0 Å². The summed E-state index contributed by atoms with van der Waals surface area (Å²) >= 11 is 0. The molecule has 86 valence electrons. The Morgan fingerprint density at radius 2 is 2.38 bits per heavy atom. The minimum absolute atomic E-state index is 0.174. The first-order chi connectivity index (χ1) is 7.79. The molecule has 16 heavy (non-hydrogen) atoms. The van der Waals surface area contributed by atoms with Gasteiger partial charge >= 0.3 is 0 Å². The van der Waals surface area contributed by atoms with Crippen molar-refractivity contribution in [2.75, 3.05) is 13.2 Å². The summed E-state index contributed by atoms with van der Waals surface area (Å²) < 4.78 is 5.56. The maximum Gasteiger partial charge on any atom is 0.184 e. The summed E-state index contributed by atoms with van der Waals surface area (Å²) in [5, 5.41) is 0. The molecule has 1 aromatic carbocycles. The Morgan fingerprint density at radius 3 is 3.12 bits per heavy atom. The van der Waals surface area contributed by atoms with Crippen LogP contribution >= 0.6 is 0 Å². The van der Waals surface area contributed by atoms with Crippen LogP contribution in [-0.2, 0) is 4.74 Å². The van der Waals surface area contributed by atoms with Gasteiger partial charge in [-0.2, -0.15) is 0 Å². The second kappa shape index (κ2) is 5.12. The van der Waals surface area contributed by atoms with Gasteiger partial charge in [-0.25, -0.2) is 4.99 Å². The molecule has 1 aromatic rings. The number of nitrogens with two attached hydrogens (primary N) is 1. The van der Waals surface area contributed by atoms with E-state index in [-0.39, 0.29) is 6.04 Å². The van der Waals surface area contributed by atoms with Gasteiger partial charge in [-0.05, 0) is 25.5 Å². The molecular weight excluding hydrogens is 200 g/mol. The largest absolute Gasteiger partial charge is 0.478 e. The van der Waals surface area contributed by atoms with Gasteiger partial charge in [-0.15, -0.1) is 0 Å². The number of hydrogen-bond donors (Lipinski definition) is 1. The highest BCUT2D eigenvalue weighted by Gasteiger charge is 2.19. The van der Waals surface area contributed by atoms with E-state index in [0.29, 0.717) is 13.2 Å². The number of ether oxygens (including phenoxy) is 1. The van der Waals surface area contributed by atoms with Crippen molar-refractivity contribution in [1.82, 2.24) is 0 Å². The first-order valence-corrected chi connectivity index (χ1v) is 5.75. The van der Waals surface area contributed by atoms with Crippen LogP contribution in [0.1, 0.15) is 30.0 Å². The van der Waals surface area contributed by atoms with E-state index in [0.717, 1.165) is 18.7 Å². The van der Waals surface area contributed by atoms with Gasteiger partial charge in [0.05, 0.1) is 0 Å². The molecule has 0 radical (unpaired) electrons. The van der Waals surface area contributed by atoms with E-state index < -0.39 is 0 Å². The third-order valence-electron chi connectivity index (χ3n) is 2.73. The van der Waals surface area contributed by atoms with Gasteiger partial charge in [0.2, 0.25) is 0 Å². The summed E-state index contributed by atoms with van der Waals surface area (Å²) in [5.74, 6) is 0.858. The van der Waals surface area contributed by atoms with Crippen LogP contribution in [-0.4, -0.2) is 19.0 Å². The van der Waals surface area contributed by atoms with Crippen molar-refractivity contribution in [2.45, 2.75) is 25.8 Å². The lowest BCUT2D eigenvalue weighted by atomic mass is 10.1. The van der Waals surface area contributed by atoms with E-state index in [1.807, 2.05) is 0 Å². The molecule has 0 aliphatic carbocycles. The number of nitrogens with zero attached hydrogens (tertiary/aromatic N) is 1. The second-order valence-corrected chi connectivity index (χ2v) is 4.16. The van der Waals surface area contributed by atoms with E-state index in [2.05, 4.69) is 36.2 Å². The molecule has 3 nitrogen and oxygen atoms in total. The van der Waals surface area contributed by atoms with Gasteiger partial charge in [0.15, 0.2) is 5.90 Å². The molecular formula is C13H18N2O. The molecule has 0 saturated heterocycles. The first-order valence-electron chi connectivity index (χ1n) is 5.75. The predicted octanol–water partition coefficient (Wildman–Crippen LogP) is 2.20. The van der Waals surface area contributed by atoms with Gasteiger partial charge in [0.1, 0.15) is 12.6 Å². The fourth-order valence-electron chi connectivity index (χ4n) is 1.86. The summed E-state index contributed by atoms with van der Waals surface area (Å²) in [6.45, 7) is 3.46. The van der Waals surface area contributed by atoms with E-state index in [9.17, 15) is 0 Å². The highest BCUT2D eigenvalue weighted by Crippen LogP contribution is 2.24. The van der Waals surface area contributed by atoms with Crippen molar-refractivity contribution < 1.29 is 4.74 Å². The third-order valence-corrected chi connectivity index (χ3v) is 2.73. The number of aliphatic imine (C=N–C) groups is 1. The molecule has 0 bridgehead atoms. The highest BCUT2D eigenvalue weighted by molar-refractivity contribution is 5.77. The Bertz CT molecular complexity index is 387. The summed E-state index contributed by atoms with van der Waals surface area (Å²) in [4.78, 5) is 4.58. The molecule has 1 aliphatic rings. The fourth-order valence-corrected chi connectivity index (χ4v) is 1.86. The Kier molecular flexibility index (Phi) is 3.57. The van der Waals surface area contributed by atoms with Crippen LogP contribution < -0.4 is 5.73 Å². The van der Waals surface area contributed by atoms with Gasteiger partial charge in [-0.3, -0.25) is 0 Å². The van der Waals surface area contributed by atoms with Crippen LogP contribution in [0.5, 0.6) is 0 Å². The van der Waals surface area contributed by atoms with E-state index in [1.54, 1.807) is 0 Å².